The first-order valence-corrected chi connectivity index (χ1v) is 9.12. The number of hydrogen-bond donors (Lipinski definition) is 1. The smallest absolute Gasteiger partial charge is 0.0460 e. The minimum Gasteiger partial charge on any atom is -0.303 e. The molecule has 3 aromatic rings. The van der Waals surface area contributed by atoms with Crippen molar-refractivity contribution in [1.29, 1.82) is 0 Å². The van der Waals surface area contributed by atoms with Gasteiger partial charge in [-0.2, -0.15) is 0 Å². The van der Waals surface area contributed by atoms with Gasteiger partial charge in [0.15, 0.2) is 0 Å². The summed E-state index contributed by atoms with van der Waals surface area (Å²) in [4.78, 5) is 4.38. The Kier molecular flexibility index (Phi) is 4.51. The second-order valence-electron chi connectivity index (χ2n) is 6.46. The molecule has 2 aromatic carbocycles. The van der Waals surface area contributed by atoms with Crippen LogP contribution in [0.3, 0.4) is 0 Å². The topological polar surface area (TPSA) is 24.9 Å². The van der Waals surface area contributed by atoms with Crippen LogP contribution in [0.15, 0.2) is 67.0 Å². The van der Waals surface area contributed by atoms with Gasteiger partial charge in [0, 0.05) is 34.5 Å². The van der Waals surface area contributed by atoms with Crippen molar-refractivity contribution in [3.8, 4) is 11.1 Å². The fourth-order valence-electron chi connectivity index (χ4n) is 3.25. The molecule has 0 radical (unpaired) electrons. The summed E-state index contributed by atoms with van der Waals surface area (Å²) in [5, 5.41) is 5.14. The van der Waals surface area contributed by atoms with Crippen molar-refractivity contribution >= 4 is 23.2 Å². The molecule has 25 heavy (non-hydrogen) atoms. The summed E-state index contributed by atoms with van der Waals surface area (Å²) in [5.41, 5.74) is 4.68. The van der Waals surface area contributed by atoms with Gasteiger partial charge in [0.2, 0.25) is 0 Å². The Morgan fingerprint density at radius 1 is 1.00 bits per heavy atom. The molecular weight excluding hydrogens is 351 g/mol. The minimum atomic E-state index is -0.0366. The Hall–Kier alpha value is -1.87. The molecule has 4 rings (SSSR count). The van der Waals surface area contributed by atoms with Gasteiger partial charge < -0.3 is 5.32 Å². The first-order valence-electron chi connectivity index (χ1n) is 8.37. The summed E-state index contributed by atoms with van der Waals surface area (Å²) in [6, 6.07) is 18.1. The molecule has 2 nitrogen and oxygen atoms in total. The average molecular weight is 369 g/mol. The van der Waals surface area contributed by atoms with Gasteiger partial charge in [-0.15, -0.1) is 0 Å². The maximum absolute atomic E-state index is 6.31. The van der Waals surface area contributed by atoms with E-state index in [-0.39, 0.29) is 5.54 Å². The second-order valence-corrected chi connectivity index (χ2v) is 7.30. The normalized spacial score (nSPS) is 15.1. The van der Waals surface area contributed by atoms with Crippen molar-refractivity contribution in [2.45, 2.75) is 24.9 Å². The maximum Gasteiger partial charge on any atom is 0.0460 e. The fraction of sp³-hybridized carbons (Fsp3) is 0.190. The number of hydrogen-bond acceptors (Lipinski definition) is 2. The van der Waals surface area contributed by atoms with E-state index < -0.39 is 0 Å². The third-order valence-corrected chi connectivity index (χ3v) is 5.40. The Morgan fingerprint density at radius 3 is 2.56 bits per heavy atom. The summed E-state index contributed by atoms with van der Waals surface area (Å²) in [6.45, 7) is 0.683. The Morgan fingerprint density at radius 2 is 1.80 bits per heavy atom. The van der Waals surface area contributed by atoms with Gasteiger partial charge in [0.25, 0.3) is 0 Å². The lowest BCUT2D eigenvalue weighted by molar-refractivity contribution is 0.518. The Labute approximate surface area is 157 Å². The fourth-order valence-corrected chi connectivity index (χ4v) is 3.63. The SMILES string of the molecule is Clc1ccc(Cl)c(CNC2(c3cnccc3-c3ccccc3)CC2)c1. The Bertz CT molecular complexity index is 889. The Balaban J connectivity index is 1.63. The molecule has 0 spiro atoms. The van der Waals surface area contributed by atoms with Gasteiger partial charge in [-0.25, -0.2) is 0 Å². The molecule has 0 unspecified atom stereocenters. The lowest BCUT2D eigenvalue weighted by Crippen LogP contribution is -2.29. The molecule has 0 atom stereocenters. The standard InChI is InChI=1S/C21H18Cl2N2/c22-17-6-7-20(23)16(12-17)13-25-21(9-10-21)19-14-24-11-8-18(19)15-4-2-1-3-5-15/h1-8,11-12,14,25H,9-10,13H2. The molecule has 1 saturated carbocycles. The van der Waals surface area contributed by atoms with Gasteiger partial charge >= 0.3 is 0 Å². The maximum atomic E-state index is 6.31. The van der Waals surface area contributed by atoms with Crippen molar-refractivity contribution in [2.24, 2.45) is 0 Å². The summed E-state index contributed by atoms with van der Waals surface area (Å²) >= 11 is 12.4. The second kappa shape index (κ2) is 6.80. The van der Waals surface area contributed by atoms with Crippen LogP contribution in [0.4, 0.5) is 0 Å². The van der Waals surface area contributed by atoms with Crippen LogP contribution < -0.4 is 5.32 Å². The van der Waals surface area contributed by atoms with Gasteiger partial charge in [-0.1, -0.05) is 53.5 Å². The van der Waals surface area contributed by atoms with Gasteiger partial charge in [-0.05, 0) is 59.4 Å². The zero-order valence-corrected chi connectivity index (χ0v) is 15.2. The molecule has 1 fully saturated rings. The molecule has 126 valence electrons. The molecule has 0 saturated heterocycles. The van der Waals surface area contributed by atoms with Crippen molar-refractivity contribution in [3.05, 3.63) is 88.2 Å². The summed E-state index contributed by atoms with van der Waals surface area (Å²) in [6.07, 6.45) is 6.03. The van der Waals surface area contributed by atoms with E-state index in [2.05, 4.69) is 40.6 Å². The highest BCUT2D eigenvalue weighted by atomic mass is 35.5. The van der Waals surface area contributed by atoms with Gasteiger partial charge in [0.1, 0.15) is 0 Å². The number of nitrogens with zero attached hydrogens (tertiary/aromatic N) is 1. The highest BCUT2D eigenvalue weighted by Gasteiger charge is 2.45. The van der Waals surface area contributed by atoms with E-state index in [0.717, 1.165) is 23.4 Å². The molecule has 1 N–H and O–H groups in total. The molecule has 4 heteroatoms. The van der Waals surface area contributed by atoms with Crippen LogP contribution in [0.1, 0.15) is 24.0 Å². The molecule has 1 heterocycles. The predicted molar refractivity (Wildman–Crippen MR) is 104 cm³/mol. The summed E-state index contributed by atoms with van der Waals surface area (Å²) in [5.74, 6) is 0. The summed E-state index contributed by atoms with van der Waals surface area (Å²) < 4.78 is 0. The average Bonchev–Trinajstić information content (AvgIpc) is 3.44. The number of benzene rings is 2. The zero-order valence-electron chi connectivity index (χ0n) is 13.7. The van der Waals surface area contributed by atoms with E-state index in [1.54, 1.807) is 0 Å². The van der Waals surface area contributed by atoms with E-state index in [9.17, 15) is 0 Å². The molecule has 1 aromatic heterocycles. The quantitative estimate of drug-likeness (QED) is 0.612. The van der Waals surface area contributed by atoms with Crippen molar-refractivity contribution in [2.75, 3.05) is 0 Å². The number of pyridine rings is 1. The third-order valence-electron chi connectivity index (χ3n) is 4.80. The van der Waals surface area contributed by atoms with E-state index in [4.69, 9.17) is 23.2 Å². The van der Waals surface area contributed by atoms with Crippen LogP contribution in [0, 0.1) is 0 Å². The van der Waals surface area contributed by atoms with Crippen LogP contribution in [0.5, 0.6) is 0 Å². The van der Waals surface area contributed by atoms with E-state index in [0.29, 0.717) is 11.6 Å². The minimum absolute atomic E-state index is 0.0366. The highest BCUT2D eigenvalue weighted by Crippen LogP contribution is 2.48. The number of nitrogens with one attached hydrogen (secondary N) is 1. The van der Waals surface area contributed by atoms with Crippen LogP contribution in [-0.4, -0.2) is 4.98 Å². The van der Waals surface area contributed by atoms with Crippen LogP contribution in [-0.2, 0) is 12.1 Å². The highest BCUT2D eigenvalue weighted by molar-refractivity contribution is 6.33. The lowest BCUT2D eigenvalue weighted by Gasteiger charge is -2.21. The van der Waals surface area contributed by atoms with Crippen LogP contribution >= 0.6 is 23.2 Å². The summed E-state index contributed by atoms with van der Waals surface area (Å²) in [7, 11) is 0. The first-order chi connectivity index (χ1) is 12.2. The number of rotatable bonds is 5. The largest absolute Gasteiger partial charge is 0.303 e. The zero-order chi connectivity index (χ0) is 17.3. The van der Waals surface area contributed by atoms with E-state index in [1.165, 1.54) is 16.7 Å². The number of halogens is 2. The lowest BCUT2D eigenvalue weighted by atomic mass is 9.95. The van der Waals surface area contributed by atoms with Gasteiger partial charge in [0.05, 0.1) is 0 Å². The van der Waals surface area contributed by atoms with E-state index in [1.807, 2.05) is 36.7 Å². The molecule has 0 amide bonds. The predicted octanol–water partition coefficient (Wildman–Crippen LogP) is 5.83. The monoisotopic (exact) mass is 368 g/mol. The number of aromatic nitrogens is 1. The first kappa shape index (κ1) is 16.6. The molecule has 0 aliphatic heterocycles. The van der Waals surface area contributed by atoms with Crippen molar-refractivity contribution in [3.63, 3.8) is 0 Å². The molecule has 1 aliphatic carbocycles. The molecular formula is C21H18Cl2N2. The molecule has 1 aliphatic rings. The van der Waals surface area contributed by atoms with Crippen LogP contribution in [0.25, 0.3) is 11.1 Å². The molecule has 0 bridgehead atoms. The van der Waals surface area contributed by atoms with Crippen LogP contribution in [0.2, 0.25) is 10.0 Å². The van der Waals surface area contributed by atoms with Crippen molar-refractivity contribution in [1.82, 2.24) is 10.3 Å². The van der Waals surface area contributed by atoms with Gasteiger partial charge in [-0.3, -0.25) is 4.98 Å². The third kappa shape index (κ3) is 3.43. The van der Waals surface area contributed by atoms with Crippen molar-refractivity contribution < 1.29 is 0 Å². The van der Waals surface area contributed by atoms with E-state index >= 15 is 0 Å².